The first-order valence-electron chi connectivity index (χ1n) is 3.29. The molecule has 0 unspecified atom stereocenters. The van der Waals surface area contributed by atoms with Crippen molar-refractivity contribution in [2.45, 2.75) is 11.2 Å². The van der Waals surface area contributed by atoms with Crippen LogP contribution < -0.4 is 0 Å². The van der Waals surface area contributed by atoms with Crippen LogP contribution in [0.25, 0.3) is 0 Å². The molecule has 1 amide bonds. The lowest BCUT2D eigenvalue weighted by atomic mass is 10.4. The SMILES string of the molecule is C=CCN1CC[C@H](Br)C1=O. The Morgan fingerprint density at radius 3 is 3.00 bits per heavy atom. The van der Waals surface area contributed by atoms with Gasteiger partial charge >= 0.3 is 0 Å². The number of nitrogens with zero attached hydrogens (tertiary/aromatic N) is 1. The molecular formula is C7H10BrNO. The van der Waals surface area contributed by atoms with Gasteiger partial charge in [0.1, 0.15) is 0 Å². The van der Waals surface area contributed by atoms with Gasteiger partial charge in [-0.2, -0.15) is 0 Å². The van der Waals surface area contributed by atoms with Crippen LogP contribution in [0.4, 0.5) is 0 Å². The van der Waals surface area contributed by atoms with Gasteiger partial charge in [0.05, 0.1) is 4.83 Å². The molecular weight excluding hydrogens is 194 g/mol. The molecule has 2 nitrogen and oxygen atoms in total. The summed E-state index contributed by atoms with van der Waals surface area (Å²) in [7, 11) is 0. The number of carbonyl (C=O) groups excluding carboxylic acids is 1. The number of rotatable bonds is 2. The summed E-state index contributed by atoms with van der Waals surface area (Å²) in [5.74, 6) is 0.194. The van der Waals surface area contributed by atoms with Gasteiger partial charge < -0.3 is 4.90 Å². The van der Waals surface area contributed by atoms with Crippen molar-refractivity contribution < 1.29 is 4.79 Å². The fourth-order valence-electron chi connectivity index (χ4n) is 1.04. The second-order valence-electron chi connectivity index (χ2n) is 2.33. The van der Waals surface area contributed by atoms with Crippen LogP contribution in [0.2, 0.25) is 0 Å². The Morgan fingerprint density at radius 1 is 1.90 bits per heavy atom. The highest BCUT2D eigenvalue weighted by Crippen LogP contribution is 2.17. The van der Waals surface area contributed by atoms with Gasteiger partial charge in [-0.1, -0.05) is 22.0 Å². The van der Waals surface area contributed by atoms with E-state index in [9.17, 15) is 4.79 Å². The molecule has 1 heterocycles. The summed E-state index contributed by atoms with van der Waals surface area (Å²) in [5, 5.41) is 0. The monoisotopic (exact) mass is 203 g/mol. The number of likely N-dealkylation sites (tertiary alicyclic amines) is 1. The molecule has 0 aromatic rings. The number of halogens is 1. The zero-order chi connectivity index (χ0) is 7.56. The van der Waals surface area contributed by atoms with Crippen LogP contribution in [-0.2, 0) is 4.79 Å². The van der Waals surface area contributed by atoms with E-state index in [0.29, 0.717) is 6.54 Å². The normalized spacial score (nSPS) is 25.5. The maximum absolute atomic E-state index is 11.1. The molecule has 0 spiro atoms. The van der Waals surface area contributed by atoms with E-state index in [4.69, 9.17) is 0 Å². The Bertz CT molecular complexity index is 158. The summed E-state index contributed by atoms with van der Waals surface area (Å²) in [6, 6.07) is 0. The molecule has 0 bridgehead atoms. The van der Waals surface area contributed by atoms with Gasteiger partial charge in [-0.05, 0) is 6.42 Å². The van der Waals surface area contributed by atoms with Crippen molar-refractivity contribution in [2.75, 3.05) is 13.1 Å². The smallest absolute Gasteiger partial charge is 0.236 e. The van der Waals surface area contributed by atoms with Crippen molar-refractivity contribution in [1.82, 2.24) is 4.90 Å². The molecule has 1 fully saturated rings. The lowest BCUT2D eigenvalue weighted by molar-refractivity contribution is -0.126. The zero-order valence-corrected chi connectivity index (χ0v) is 7.30. The highest BCUT2D eigenvalue weighted by Gasteiger charge is 2.27. The van der Waals surface area contributed by atoms with E-state index in [2.05, 4.69) is 22.5 Å². The summed E-state index contributed by atoms with van der Waals surface area (Å²) < 4.78 is 0. The second kappa shape index (κ2) is 3.19. The predicted molar refractivity (Wildman–Crippen MR) is 44.1 cm³/mol. The minimum Gasteiger partial charge on any atom is -0.338 e. The molecule has 10 heavy (non-hydrogen) atoms. The quantitative estimate of drug-likeness (QED) is 0.488. The van der Waals surface area contributed by atoms with Crippen molar-refractivity contribution in [3.05, 3.63) is 12.7 Å². The first kappa shape index (κ1) is 7.79. The maximum Gasteiger partial charge on any atom is 0.236 e. The van der Waals surface area contributed by atoms with Gasteiger partial charge in [-0.25, -0.2) is 0 Å². The van der Waals surface area contributed by atoms with Crippen LogP contribution in [0, 0.1) is 0 Å². The van der Waals surface area contributed by atoms with E-state index in [-0.39, 0.29) is 10.7 Å². The molecule has 1 aliphatic rings. The van der Waals surface area contributed by atoms with Crippen molar-refractivity contribution in [3.8, 4) is 0 Å². The molecule has 0 radical (unpaired) electrons. The molecule has 3 heteroatoms. The molecule has 1 atom stereocenters. The maximum atomic E-state index is 11.1. The van der Waals surface area contributed by atoms with Crippen molar-refractivity contribution in [3.63, 3.8) is 0 Å². The minimum absolute atomic E-state index is 0.0486. The van der Waals surface area contributed by atoms with Crippen LogP contribution in [0.15, 0.2) is 12.7 Å². The first-order valence-corrected chi connectivity index (χ1v) is 4.21. The largest absolute Gasteiger partial charge is 0.338 e. The van der Waals surface area contributed by atoms with Gasteiger partial charge in [0, 0.05) is 13.1 Å². The number of hydrogen-bond donors (Lipinski definition) is 0. The van der Waals surface area contributed by atoms with Gasteiger partial charge in [0.15, 0.2) is 0 Å². The summed E-state index contributed by atoms with van der Waals surface area (Å²) in [6.45, 7) is 5.12. The molecule has 1 aliphatic heterocycles. The van der Waals surface area contributed by atoms with Crippen LogP contribution in [-0.4, -0.2) is 28.7 Å². The van der Waals surface area contributed by atoms with E-state index in [1.54, 1.807) is 11.0 Å². The zero-order valence-electron chi connectivity index (χ0n) is 5.72. The molecule has 0 saturated carbocycles. The summed E-state index contributed by atoms with van der Waals surface area (Å²) in [6.07, 6.45) is 2.68. The highest BCUT2D eigenvalue weighted by molar-refractivity contribution is 9.10. The third-order valence-corrected chi connectivity index (χ3v) is 2.43. The Hall–Kier alpha value is -0.310. The molecule has 0 aliphatic carbocycles. The Kier molecular flexibility index (Phi) is 2.49. The minimum atomic E-state index is 0.0486. The Labute approximate surface area is 69.0 Å². The predicted octanol–water partition coefficient (Wildman–Crippen LogP) is 1.17. The lowest BCUT2D eigenvalue weighted by Gasteiger charge is -2.11. The van der Waals surface area contributed by atoms with E-state index in [1.165, 1.54) is 0 Å². The topological polar surface area (TPSA) is 20.3 Å². The Balaban J connectivity index is 2.48. The highest BCUT2D eigenvalue weighted by atomic mass is 79.9. The van der Waals surface area contributed by atoms with E-state index >= 15 is 0 Å². The van der Waals surface area contributed by atoms with E-state index < -0.39 is 0 Å². The third-order valence-electron chi connectivity index (χ3n) is 1.58. The summed E-state index contributed by atoms with van der Waals surface area (Å²) in [5.41, 5.74) is 0. The molecule has 1 saturated heterocycles. The van der Waals surface area contributed by atoms with Crippen LogP contribution in [0.1, 0.15) is 6.42 Å². The average molecular weight is 204 g/mol. The molecule has 56 valence electrons. The van der Waals surface area contributed by atoms with Crippen LogP contribution in [0.5, 0.6) is 0 Å². The van der Waals surface area contributed by atoms with E-state index in [0.717, 1.165) is 13.0 Å². The number of carbonyl (C=O) groups is 1. The van der Waals surface area contributed by atoms with Gasteiger partial charge in [0.25, 0.3) is 0 Å². The lowest BCUT2D eigenvalue weighted by Crippen LogP contribution is -2.27. The molecule has 0 aromatic heterocycles. The number of amides is 1. The van der Waals surface area contributed by atoms with Gasteiger partial charge in [-0.15, -0.1) is 6.58 Å². The second-order valence-corrected chi connectivity index (χ2v) is 3.43. The van der Waals surface area contributed by atoms with Crippen molar-refractivity contribution >= 4 is 21.8 Å². The fraction of sp³-hybridized carbons (Fsp3) is 0.571. The summed E-state index contributed by atoms with van der Waals surface area (Å²) >= 11 is 3.29. The first-order chi connectivity index (χ1) is 4.75. The molecule has 1 rings (SSSR count). The Morgan fingerprint density at radius 2 is 2.60 bits per heavy atom. The fourth-order valence-corrected chi connectivity index (χ4v) is 1.53. The summed E-state index contributed by atoms with van der Waals surface area (Å²) in [4.78, 5) is 13.0. The van der Waals surface area contributed by atoms with Crippen molar-refractivity contribution in [1.29, 1.82) is 0 Å². The molecule has 0 N–H and O–H groups in total. The number of alkyl halides is 1. The van der Waals surface area contributed by atoms with Gasteiger partial charge in [0.2, 0.25) is 5.91 Å². The standard InChI is InChI=1S/C7H10BrNO/c1-2-4-9-5-3-6(8)7(9)10/h2,6H,1,3-5H2/t6-/m0/s1. The molecule has 0 aromatic carbocycles. The van der Waals surface area contributed by atoms with E-state index in [1.807, 2.05) is 0 Å². The number of hydrogen-bond acceptors (Lipinski definition) is 1. The van der Waals surface area contributed by atoms with Gasteiger partial charge in [-0.3, -0.25) is 4.79 Å². The van der Waals surface area contributed by atoms with Crippen LogP contribution >= 0.6 is 15.9 Å². The third kappa shape index (κ3) is 1.40. The van der Waals surface area contributed by atoms with Crippen molar-refractivity contribution in [2.24, 2.45) is 0 Å². The average Bonchev–Trinajstić information content (AvgIpc) is 2.20. The van der Waals surface area contributed by atoms with Crippen LogP contribution in [0.3, 0.4) is 0 Å².